The van der Waals surface area contributed by atoms with Crippen LogP contribution in [-0.4, -0.2) is 11.5 Å². The normalized spacial score (nSPS) is 10.5. The number of alkyl halides is 2. The minimum atomic E-state index is -3.00. The summed E-state index contributed by atoms with van der Waals surface area (Å²) in [5, 5.41) is 10.6. The second kappa shape index (κ2) is 4.52. The van der Waals surface area contributed by atoms with Gasteiger partial charge >= 0.3 is 6.61 Å². The Hall–Kier alpha value is -1.24. The van der Waals surface area contributed by atoms with Crippen molar-refractivity contribution in [2.24, 2.45) is 0 Å². The maximum atomic E-state index is 12.0. The average Bonchev–Trinajstić information content (AvgIpc) is 2.09. The van der Waals surface area contributed by atoms with Crippen LogP contribution in [0.2, 0.25) is 0 Å². The number of halogens is 3. The summed E-state index contributed by atoms with van der Waals surface area (Å²) in [6, 6.07) is 2.49. The van der Waals surface area contributed by atoms with Gasteiger partial charge in [0.1, 0.15) is 5.75 Å². The number of hydrogen-bond acceptors (Lipinski definition) is 3. The molecule has 0 aliphatic carbocycles. The highest BCUT2D eigenvalue weighted by Crippen LogP contribution is 2.32. The van der Waals surface area contributed by atoms with Crippen LogP contribution in [0.25, 0.3) is 0 Å². The summed E-state index contributed by atoms with van der Waals surface area (Å²) >= 11 is 2.98. The van der Waals surface area contributed by atoms with E-state index in [-0.39, 0.29) is 17.0 Å². The fourth-order valence-corrected chi connectivity index (χ4v) is 1.47. The Kier molecular flexibility index (Phi) is 3.57. The van der Waals surface area contributed by atoms with E-state index in [9.17, 15) is 18.9 Å². The Balaban J connectivity index is 3.22. The number of ether oxygens (including phenoxy) is 1. The maximum absolute atomic E-state index is 12.0. The molecule has 0 aliphatic heterocycles. The van der Waals surface area contributed by atoms with Crippen LogP contribution in [0.5, 0.6) is 5.75 Å². The van der Waals surface area contributed by atoms with E-state index in [1.165, 1.54) is 19.1 Å². The lowest BCUT2D eigenvalue weighted by Gasteiger charge is -2.08. The minimum Gasteiger partial charge on any atom is -0.434 e. The lowest BCUT2D eigenvalue weighted by molar-refractivity contribution is -0.385. The summed E-state index contributed by atoms with van der Waals surface area (Å²) in [5.41, 5.74) is -0.191. The van der Waals surface area contributed by atoms with Crippen molar-refractivity contribution in [1.82, 2.24) is 0 Å². The Bertz CT molecular complexity index is 398. The highest BCUT2D eigenvalue weighted by Gasteiger charge is 2.18. The largest absolute Gasteiger partial charge is 0.434 e. The van der Waals surface area contributed by atoms with E-state index in [0.29, 0.717) is 4.47 Å². The molecule has 1 aromatic rings. The first-order valence-corrected chi connectivity index (χ1v) is 4.60. The van der Waals surface area contributed by atoms with Crippen LogP contribution >= 0.6 is 15.9 Å². The molecule has 0 amide bonds. The van der Waals surface area contributed by atoms with Crippen LogP contribution < -0.4 is 4.74 Å². The molecule has 1 aromatic carbocycles. The Morgan fingerprint density at radius 2 is 2.13 bits per heavy atom. The predicted octanol–water partition coefficient (Wildman–Crippen LogP) is 3.27. The SMILES string of the molecule is Cc1c(OC(F)F)cc(Br)cc1[N+](=O)[O-]. The van der Waals surface area contributed by atoms with Gasteiger partial charge in [-0.05, 0) is 13.0 Å². The molecule has 1 rings (SSSR count). The van der Waals surface area contributed by atoms with Crippen LogP contribution in [0.3, 0.4) is 0 Å². The number of hydrogen-bond donors (Lipinski definition) is 0. The zero-order chi connectivity index (χ0) is 11.6. The van der Waals surface area contributed by atoms with Crippen molar-refractivity contribution < 1.29 is 18.4 Å². The van der Waals surface area contributed by atoms with Crippen molar-refractivity contribution in [3.8, 4) is 5.75 Å². The molecule has 15 heavy (non-hydrogen) atoms. The van der Waals surface area contributed by atoms with Gasteiger partial charge in [-0.25, -0.2) is 0 Å². The van der Waals surface area contributed by atoms with Gasteiger partial charge in [0.05, 0.1) is 10.5 Å². The molecule has 0 atom stereocenters. The molecule has 4 nitrogen and oxygen atoms in total. The van der Waals surface area contributed by atoms with Crippen molar-refractivity contribution in [2.75, 3.05) is 0 Å². The second-order valence-corrected chi connectivity index (χ2v) is 3.60. The van der Waals surface area contributed by atoms with Crippen LogP contribution in [0.1, 0.15) is 5.56 Å². The number of rotatable bonds is 3. The molecule has 0 fully saturated rings. The molecule has 0 aliphatic rings. The summed E-state index contributed by atoms with van der Waals surface area (Å²) in [7, 11) is 0. The Morgan fingerprint density at radius 3 is 2.60 bits per heavy atom. The van der Waals surface area contributed by atoms with Gasteiger partial charge in [0.15, 0.2) is 0 Å². The van der Waals surface area contributed by atoms with E-state index >= 15 is 0 Å². The maximum Gasteiger partial charge on any atom is 0.387 e. The number of nitrogens with zero attached hydrogens (tertiary/aromatic N) is 1. The third-order valence-corrected chi connectivity index (χ3v) is 2.17. The molecule has 0 saturated carbocycles. The van der Waals surface area contributed by atoms with E-state index in [4.69, 9.17) is 0 Å². The van der Waals surface area contributed by atoms with E-state index < -0.39 is 11.5 Å². The van der Waals surface area contributed by atoms with E-state index in [1.807, 2.05) is 0 Å². The molecule has 0 unspecified atom stereocenters. The van der Waals surface area contributed by atoms with Crippen molar-refractivity contribution in [2.45, 2.75) is 13.5 Å². The molecule has 0 bridgehead atoms. The monoisotopic (exact) mass is 281 g/mol. The third kappa shape index (κ3) is 2.85. The molecule has 0 saturated heterocycles. The fourth-order valence-electron chi connectivity index (χ4n) is 1.05. The van der Waals surface area contributed by atoms with Crippen LogP contribution in [0.4, 0.5) is 14.5 Å². The zero-order valence-corrected chi connectivity index (χ0v) is 9.12. The van der Waals surface area contributed by atoms with E-state index in [0.717, 1.165) is 0 Å². The highest BCUT2D eigenvalue weighted by molar-refractivity contribution is 9.10. The topological polar surface area (TPSA) is 52.4 Å². The van der Waals surface area contributed by atoms with Gasteiger partial charge in [0.25, 0.3) is 5.69 Å². The molecular formula is C8H6BrF2NO3. The molecule has 0 N–H and O–H groups in total. The number of nitro groups is 1. The lowest BCUT2D eigenvalue weighted by atomic mass is 10.2. The average molecular weight is 282 g/mol. The predicted molar refractivity (Wildman–Crippen MR) is 52.2 cm³/mol. The fraction of sp³-hybridized carbons (Fsp3) is 0.250. The molecule has 7 heteroatoms. The van der Waals surface area contributed by atoms with Crippen molar-refractivity contribution in [3.63, 3.8) is 0 Å². The molecule has 0 spiro atoms. The first-order chi connectivity index (χ1) is 6.91. The van der Waals surface area contributed by atoms with Gasteiger partial charge in [0, 0.05) is 10.5 Å². The minimum absolute atomic E-state index is 0.0727. The van der Waals surface area contributed by atoms with E-state index in [2.05, 4.69) is 20.7 Å². The number of benzene rings is 1. The smallest absolute Gasteiger partial charge is 0.387 e. The first-order valence-electron chi connectivity index (χ1n) is 3.81. The highest BCUT2D eigenvalue weighted by atomic mass is 79.9. The molecular weight excluding hydrogens is 276 g/mol. The van der Waals surface area contributed by atoms with Crippen molar-refractivity contribution in [3.05, 3.63) is 32.3 Å². The van der Waals surface area contributed by atoms with Gasteiger partial charge < -0.3 is 4.74 Å². The van der Waals surface area contributed by atoms with Gasteiger partial charge in [-0.3, -0.25) is 10.1 Å². The zero-order valence-electron chi connectivity index (χ0n) is 7.54. The second-order valence-electron chi connectivity index (χ2n) is 2.68. The summed E-state index contributed by atoms with van der Waals surface area (Å²) in [6.45, 7) is -1.65. The third-order valence-electron chi connectivity index (χ3n) is 1.71. The van der Waals surface area contributed by atoms with Gasteiger partial charge in [-0.15, -0.1) is 0 Å². The molecule has 82 valence electrons. The van der Waals surface area contributed by atoms with Crippen molar-refractivity contribution in [1.29, 1.82) is 0 Å². The lowest BCUT2D eigenvalue weighted by Crippen LogP contribution is -2.04. The summed E-state index contributed by atoms with van der Waals surface area (Å²) in [5.74, 6) is -0.203. The molecule has 0 radical (unpaired) electrons. The van der Waals surface area contributed by atoms with E-state index in [1.54, 1.807) is 0 Å². The molecule has 0 aromatic heterocycles. The Morgan fingerprint density at radius 1 is 1.53 bits per heavy atom. The standard InChI is InChI=1S/C8H6BrF2NO3/c1-4-6(12(13)14)2-5(9)3-7(4)15-8(10)11/h2-3,8H,1H3. The van der Waals surface area contributed by atoms with Gasteiger partial charge in [0.2, 0.25) is 0 Å². The van der Waals surface area contributed by atoms with Crippen molar-refractivity contribution >= 4 is 21.6 Å². The summed E-state index contributed by atoms with van der Waals surface area (Å²) in [6.07, 6.45) is 0. The first kappa shape index (κ1) is 11.8. The van der Waals surface area contributed by atoms with Crippen LogP contribution in [0.15, 0.2) is 16.6 Å². The summed E-state index contributed by atoms with van der Waals surface area (Å²) in [4.78, 5) is 9.90. The summed E-state index contributed by atoms with van der Waals surface area (Å²) < 4.78 is 28.4. The quantitative estimate of drug-likeness (QED) is 0.631. The van der Waals surface area contributed by atoms with Crippen LogP contribution in [-0.2, 0) is 0 Å². The van der Waals surface area contributed by atoms with Gasteiger partial charge in [-0.1, -0.05) is 15.9 Å². The van der Waals surface area contributed by atoms with Crippen LogP contribution in [0, 0.1) is 17.0 Å². The molecule has 0 heterocycles. The Labute approximate surface area is 92.1 Å². The number of nitro benzene ring substituents is 1. The van der Waals surface area contributed by atoms with Gasteiger partial charge in [-0.2, -0.15) is 8.78 Å².